The highest BCUT2D eigenvalue weighted by atomic mass is 16.3. The van der Waals surface area contributed by atoms with E-state index in [9.17, 15) is 5.11 Å². The minimum Gasteiger partial charge on any atom is -0.385 e. The lowest BCUT2D eigenvalue weighted by Gasteiger charge is -2.43. The largest absolute Gasteiger partial charge is 0.385 e. The van der Waals surface area contributed by atoms with Gasteiger partial charge in [-0.15, -0.1) is 21.5 Å². The summed E-state index contributed by atoms with van der Waals surface area (Å²) in [5.41, 5.74) is 0.471. The fraction of sp³-hybridized carbons (Fsp3) is 0.467. The third kappa shape index (κ3) is 3.10. The van der Waals surface area contributed by atoms with E-state index in [-0.39, 0.29) is 39.4 Å². The Kier molecular flexibility index (Phi) is 4.71. The summed E-state index contributed by atoms with van der Waals surface area (Å²) < 4.78 is 1.61. The molecule has 1 fully saturated rings. The highest BCUT2D eigenvalue weighted by molar-refractivity contribution is 6.67. The predicted molar refractivity (Wildman–Crippen MR) is 103 cm³/mol. The first kappa shape index (κ1) is 18.4. The van der Waals surface area contributed by atoms with Crippen molar-refractivity contribution in [1.29, 1.82) is 0 Å². The summed E-state index contributed by atoms with van der Waals surface area (Å²) >= 11 is 0. The monoisotopic (exact) mass is 322 g/mol. The van der Waals surface area contributed by atoms with E-state index >= 15 is 0 Å². The Balaban J connectivity index is 2.09. The fourth-order valence-corrected chi connectivity index (χ4v) is 3.66. The van der Waals surface area contributed by atoms with E-state index in [4.69, 9.17) is 39.2 Å². The van der Waals surface area contributed by atoms with Gasteiger partial charge in [0.05, 0.1) is 17.3 Å². The van der Waals surface area contributed by atoms with Crippen LogP contribution >= 0.6 is 0 Å². The van der Waals surface area contributed by atoms with Gasteiger partial charge in [-0.2, -0.15) is 0 Å². The average Bonchev–Trinajstić information content (AvgIpc) is 2.97. The maximum atomic E-state index is 11.4. The molecule has 0 saturated carbocycles. The van der Waals surface area contributed by atoms with Gasteiger partial charge in [0.15, 0.2) is 0 Å². The summed E-state index contributed by atoms with van der Waals surface area (Å²) in [6.45, 7) is 1.96. The minimum absolute atomic E-state index is 0.0236. The van der Waals surface area contributed by atoms with Crippen LogP contribution in [0, 0.1) is 0 Å². The Labute approximate surface area is 154 Å². The van der Waals surface area contributed by atoms with Crippen molar-refractivity contribution in [2.45, 2.75) is 37.5 Å². The molecule has 2 N–H and O–H groups in total. The van der Waals surface area contributed by atoms with E-state index in [1.807, 2.05) is 6.92 Å². The molecule has 0 aliphatic carbocycles. The van der Waals surface area contributed by atoms with Crippen molar-refractivity contribution in [3.05, 3.63) is 17.5 Å². The number of aryl methyl sites for hydroxylation is 1. The van der Waals surface area contributed by atoms with Crippen LogP contribution in [0.3, 0.4) is 0 Å². The van der Waals surface area contributed by atoms with E-state index in [1.165, 1.54) is 0 Å². The Bertz CT molecular complexity index is 797. The van der Waals surface area contributed by atoms with Gasteiger partial charge >= 0.3 is 0 Å². The first-order chi connectivity index (χ1) is 11.6. The highest BCUT2D eigenvalue weighted by Crippen LogP contribution is 2.37. The number of aliphatic hydroxyl groups is 1. The van der Waals surface area contributed by atoms with Crippen molar-refractivity contribution in [2.24, 2.45) is 7.05 Å². The molecule has 10 radical (unpaired) electrons. The quantitative estimate of drug-likeness (QED) is 0.547. The molecular weight excluding hydrogens is 306 g/mol. The van der Waals surface area contributed by atoms with Crippen LogP contribution in [-0.2, 0) is 12.6 Å². The zero-order chi connectivity index (χ0) is 18.5. The number of hydrogen-bond donors (Lipinski definition) is 2. The molecule has 1 aliphatic heterocycles. The molecular formula is C15H15B5N4O. The molecule has 0 bridgehead atoms. The zero-order valence-corrected chi connectivity index (χ0v) is 14.3. The predicted octanol–water partition coefficient (Wildman–Crippen LogP) is -4.52. The number of piperidine rings is 1. The minimum atomic E-state index is -1.32. The Morgan fingerprint density at radius 1 is 1.08 bits per heavy atom. The molecule has 1 aromatic heterocycles. The van der Waals surface area contributed by atoms with Crippen LogP contribution < -0.4 is 32.6 Å². The van der Waals surface area contributed by atoms with Crippen molar-refractivity contribution in [1.82, 2.24) is 20.3 Å². The smallest absolute Gasteiger partial charge is 0.113 e. The third-order valence-electron chi connectivity index (χ3n) is 4.81. The lowest BCUT2D eigenvalue weighted by atomic mass is 9.57. The van der Waals surface area contributed by atoms with Crippen LogP contribution in [0.4, 0.5) is 0 Å². The first-order valence-corrected chi connectivity index (χ1v) is 8.00. The molecule has 2 heterocycles. The summed E-state index contributed by atoms with van der Waals surface area (Å²) in [7, 11) is 31.9. The number of hydrogen-bond acceptors (Lipinski definition) is 4. The van der Waals surface area contributed by atoms with Gasteiger partial charge in [-0.05, 0) is 18.9 Å². The molecule has 2 aromatic rings. The SMILES string of the molecule is [B]c1c([B])c([B])c([C@@]2(O)C[C@@H](c3cn(C)nn3)N[C@@H](C)C2)c([B])c1[B]. The van der Waals surface area contributed by atoms with Gasteiger partial charge < -0.3 is 10.4 Å². The molecule has 1 aromatic carbocycles. The maximum Gasteiger partial charge on any atom is 0.113 e. The van der Waals surface area contributed by atoms with Gasteiger partial charge in [-0.3, -0.25) is 4.68 Å². The molecule has 0 spiro atoms. The number of nitrogens with one attached hydrogen (secondary N) is 1. The van der Waals surface area contributed by atoms with Crippen LogP contribution in [0.25, 0.3) is 0 Å². The molecule has 3 rings (SSSR count). The fourth-order valence-electron chi connectivity index (χ4n) is 3.66. The second-order valence-corrected chi connectivity index (χ2v) is 6.82. The summed E-state index contributed by atoms with van der Waals surface area (Å²) in [5.74, 6) is 0. The maximum absolute atomic E-state index is 11.4. The number of benzene rings is 1. The zero-order valence-electron chi connectivity index (χ0n) is 14.3. The van der Waals surface area contributed by atoms with Crippen LogP contribution in [0.5, 0.6) is 0 Å². The van der Waals surface area contributed by atoms with Crippen LogP contribution in [0.2, 0.25) is 0 Å². The molecule has 116 valence electrons. The second-order valence-electron chi connectivity index (χ2n) is 6.82. The van der Waals surface area contributed by atoms with E-state index < -0.39 is 5.60 Å². The highest BCUT2D eigenvalue weighted by Gasteiger charge is 2.41. The van der Waals surface area contributed by atoms with Crippen molar-refractivity contribution in [2.75, 3.05) is 0 Å². The van der Waals surface area contributed by atoms with E-state index in [2.05, 4.69) is 15.6 Å². The molecule has 5 nitrogen and oxygen atoms in total. The first-order valence-electron chi connectivity index (χ1n) is 8.00. The standard InChI is InChI=1S/C15H15B5N4O/c1-6-3-15(25,4-7(21-6)8-5-24(2)23-22-8)9-10(16)12(18)14(20)13(19)11(9)17/h5-7,21,25H,3-4H2,1-2H3/t6-,7-,15-/m0/s1. The molecule has 3 atom stereocenters. The van der Waals surface area contributed by atoms with E-state index in [1.54, 1.807) is 17.9 Å². The summed E-state index contributed by atoms with van der Waals surface area (Å²) in [6, 6.07) is -0.245. The van der Waals surface area contributed by atoms with Crippen molar-refractivity contribution in [3.8, 4) is 0 Å². The molecule has 0 unspecified atom stereocenters. The molecule has 1 saturated heterocycles. The Morgan fingerprint density at radius 2 is 1.64 bits per heavy atom. The Hall–Kier alpha value is -1.40. The number of rotatable bonds is 2. The average molecular weight is 321 g/mol. The summed E-state index contributed by atoms with van der Waals surface area (Å²) in [4.78, 5) is 0. The van der Waals surface area contributed by atoms with Gasteiger partial charge in [0.25, 0.3) is 0 Å². The van der Waals surface area contributed by atoms with Gasteiger partial charge in [0.2, 0.25) is 0 Å². The Morgan fingerprint density at radius 3 is 2.16 bits per heavy atom. The van der Waals surface area contributed by atoms with Crippen LogP contribution in [0.1, 0.15) is 37.1 Å². The van der Waals surface area contributed by atoms with Crippen LogP contribution in [0.15, 0.2) is 6.20 Å². The topological polar surface area (TPSA) is 63.0 Å². The molecule has 0 amide bonds. The van der Waals surface area contributed by atoms with Gasteiger partial charge in [0, 0.05) is 25.7 Å². The summed E-state index contributed by atoms with van der Waals surface area (Å²) in [5, 5.41) is 22.9. The van der Waals surface area contributed by atoms with E-state index in [0.717, 1.165) is 5.69 Å². The van der Waals surface area contributed by atoms with Gasteiger partial charge in [-0.25, -0.2) is 0 Å². The number of nitrogens with zero attached hydrogens (tertiary/aromatic N) is 3. The third-order valence-corrected chi connectivity index (χ3v) is 4.81. The lowest BCUT2D eigenvalue weighted by molar-refractivity contribution is -0.0217. The number of aromatic nitrogens is 3. The van der Waals surface area contributed by atoms with Gasteiger partial charge in [0.1, 0.15) is 39.2 Å². The lowest BCUT2D eigenvalue weighted by Crippen LogP contribution is -2.61. The molecule has 10 heteroatoms. The summed E-state index contributed by atoms with van der Waals surface area (Å²) in [6.07, 6.45) is 2.49. The van der Waals surface area contributed by atoms with Crippen molar-refractivity contribution >= 4 is 66.5 Å². The molecule has 25 heavy (non-hydrogen) atoms. The normalized spacial score (nSPS) is 26.7. The van der Waals surface area contributed by atoms with E-state index in [0.29, 0.717) is 18.4 Å². The second kappa shape index (κ2) is 6.40. The van der Waals surface area contributed by atoms with Crippen molar-refractivity contribution < 1.29 is 5.11 Å². The van der Waals surface area contributed by atoms with Crippen molar-refractivity contribution in [3.63, 3.8) is 0 Å². The van der Waals surface area contributed by atoms with Crippen LogP contribution in [-0.4, -0.2) is 65.4 Å². The van der Waals surface area contributed by atoms with Gasteiger partial charge in [-0.1, -0.05) is 16.1 Å². The molecule has 1 aliphatic rings.